The lowest BCUT2D eigenvalue weighted by Crippen LogP contribution is -2.13. The number of nitrogens with zero attached hydrogens (tertiary/aromatic N) is 1. The first kappa shape index (κ1) is 12.4. The van der Waals surface area contributed by atoms with Crippen LogP contribution in [0, 0.1) is 0 Å². The second kappa shape index (κ2) is 5.09. The van der Waals surface area contributed by atoms with Crippen molar-refractivity contribution in [1.29, 1.82) is 0 Å². The number of ether oxygens (including phenoxy) is 1. The summed E-state index contributed by atoms with van der Waals surface area (Å²) in [7, 11) is -3.63. The van der Waals surface area contributed by atoms with Crippen LogP contribution >= 0.6 is 0 Å². The zero-order chi connectivity index (χ0) is 13.0. The number of benzene rings is 1. The van der Waals surface area contributed by atoms with Gasteiger partial charge in [0.05, 0.1) is 24.8 Å². The highest BCUT2D eigenvalue weighted by molar-refractivity contribution is 7.92. The molecule has 1 aromatic carbocycles. The van der Waals surface area contributed by atoms with Crippen molar-refractivity contribution in [2.24, 2.45) is 0 Å². The summed E-state index contributed by atoms with van der Waals surface area (Å²) in [6, 6.07) is 6.75. The molecule has 0 aliphatic rings. The molecule has 0 bridgehead atoms. The molecule has 6 nitrogen and oxygen atoms in total. The Bertz CT molecular complexity index is 608. The van der Waals surface area contributed by atoms with E-state index in [0.717, 1.165) is 0 Å². The number of hydrogen-bond acceptors (Lipinski definition) is 4. The summed E-state index contributed by atoms with van der Waals surface area (Å²) < 4.78 is 31.6. The second-order valence-electron chi connectivity index (χ2n) is 3.48. The zero-order valence-corrected chi connectivity index (χ0v) is 10.6. The van der Waals surface area contributed by atoms with Gasteiger partial charge < -0.3 is 9.72 Å². The van der Waals surface area contributed by atoms with Crippen LogP contribution in [0.1, 0.15) is 6.92 Å². The molecule has 0 aliphatic carbocycles. The Hall–Kier alpha value is -2.02. The summed E-state index contributed by atoms with van der Waals surface area (Å²) >= 11 is 0. The van der Waals surface area contributed by atoms with E-state index in [9.17, 15) is 8.42 Å². The molecule has 0 radical (unpaired) electrons. The molecule has 0 aliphatic heterocycles. The van der Waals surface area contributed by atoms with Gasteiger partial charge in [0.2, 0.25) is 0 Å². The SMILES string of the molecule is CCOc1cccc(NS(=O)(=O)c2cnc[nH]2)c1. The number of rotatable bonds is 5. The number of imidazole rings is 1. The van der Waals surface area contributed by atoms with E-state index in [2.05, 4.69) is 14.7 Å². The molecule has 0 spiro atoms. The predicted molar refractivity (Wildman–Crippen MR) is 67.0 cm³/mol. The summed E-state index contributed by atoms with van der Waals surface area (Å²) in [6.45, 7) is 2.39. The van der Waals surface area contributed by atoms with Gasteiger partial charge in [-0.25, -0.2) is 4.98 Å². The van der Waals surface area contributed by atoms with Gasteiger partial charge in [0.15, 0.2) is 5.03 Å². The molecular weight excluding hydrogens is 254 g/mol. The van der Waals surface area contributed by atoms with Gasteiger partial charge in [-0.05, 0) is 19.1 Å². The average molecular weight is 267 g/mol. The second-order valence-corrected chi connectivity index (χ2v) is 5.13. The summed E-state index contributed by atoms with van der Waals surface area (Å²) in [4.78, 5) is 6.22. The van der Waals surface area contributed by atoms with Crippen LogP contribution in [0.2, 0.25) is 0 Å². The van der Waals surface area contributed by atoms with Crippen molar-refractivity contribution in [2.75, 3.05) is 11.3 Å². The van der Waals surface area contributed by atoms with E-state index in [1.54, 1.807) is 24.3 Å². The lowest BCUT2D eigenvalue weighted by Gasteiger charge is -2.08. The number of aromatic amines is 1. The fraction of sp³-hybridized carbons (Fsp3) is 0.182. The largest absolute Gasteiger partial charge is 0.494 e. The third kappa shape index (κ3) is 2.80. The van der Waals surface area contributed by atoms with Gasteiger partial charge in [-0.1, -0.05) is 6.07 Å². The highest BCUT2D eigenvalue weighted by Crippen LogP contribution is 2.19. The van der Waals surface area contributed by atoms with Crippen LogP contribution in [-0.4, -0.2) is 25.0 Å². The monoisotopic (exact) mass is 267 g/mol. The van der Waals surface area contributed by atoms with Gasteiger partial charge in [-0.15, -0.1) is 0 Å². The number of H-pyrrole nitrogens is 1. The van der Waals surface area contributed by atoms with Crippen molar-refractivity contribution >= 4 is 15.7 Å². The molecule has 0 unspecified atom stereocenters. The van der Waals surface area contributed by atoms with Crippen molar-refractivity contribution < 1.29 is 13.2 Å². The minimum absolute atomic E-state index is 0.0179. The lowest BCUT2D eigenvalue weighted by atomic mass is 10.3. The number of hydrogen-bond donors (Lipinski definition) is 2. The lowest BCUT2D eigenvalue weighted by molar-refractivity contribution is 0.340. The fourth-order valence-corrected chi connectivity index (χ4v) is 2.37. The van der Waals surface area contributed by atoms with Gasteiger partial charge in [0.1, 0.15) is 5.75 Å². The van der Waals surface area contributed by atoms with Crippen LogP contribution in [0.4, 0.5) is 5.69 Å². The maximum absolute atomic E-state index is 11.9. The third-order valence-corrected chi connectivity index (χ3v) is 3.47. The highest BCUT2D eigenvalue weighted by Gasteiger charge is 2.15. The standard InChI is InChI=1S/C11H13N3O3S/c1-2-17-10-5-3-4-9(6-10)14-18(15,16)11-7-12-8-13-11/h3-8,14H,2H2,1H3,(H,12,13). The van der Waals surface area contributed by atoms with Crippen molar-refractivity contribution in [1.82, 2.24) is 9.97 Å². The number of anilines is 1. The molecule has 7 heteroatoms. The third-order valence-electron chi connectivity index (χ3n) is 2.16. The molecule has 0 saturated heterocycles. The van der Waals surface area contributed by atoms with E-state index >= 15 is 0 Å². The molecule has 0 amide bonds. The maximum atomic E-state index is 11.9. The van der Waals surface area contributed by atoms with Crippen LogP contribution in [0.15, 0.2) is 41.8 Å². The summed E-state index contributed by atoms with van der Waals surface area (Å²) in [6.07, 6.45) is 2.56. The van der Waals surface area contributed by atoms with Crippen LogP contribution in [0.25, 0.3) is 0 Å². The van der Waals surface area contributed by atoms with E-state index in [4.69, 9.17) is 4.74 Å². The van der Waals surface area contributed by atoms with E-state index in [1.165, 1.54) is 12.5 Å². The van der Waals surface area contributed by atoms with Gasteiger partial charge in [-0.2, -0.15) is 8.42 Å². The predicted octanol–water partition coefficient (Wildman–Crippen LogP) is 1.61. The summed E-state index contributed by atoms with van der Waals surface area (Å²) in [5.74, 6) is 0.613. The first-order valence-corrected chi connectivity index (χ1v) is 6.84. The topological polar surface area (TPSA) is 84.1 Å². The minimum Gasteiger partial charge on any atom is -0.494 e. The van der Waals surface area contributed by atoms with Gasteiger partial charge >= 0.3 is 0 Å². The highest BCUT2D eigenvalue weighted by atomic mass is 32.2. The molecule has 0 atom stereocenters. The molecule has 96 valence electrons. The van der Waals surface area contributed by atoms with Crippen LogP contribution in [-0.2, 0) is 10.0 Å². The van der Waals surface area contributed by atoms with Gasteiger partial charge in [0.25, 0.3) is 10.0 Å². The number of nitrogens with one attached hydrogen (secondary N) is 2. The van der Waals surface area contributed by atoms with Crippen molar-refractivity contribution in [3.8, 4) is 5.75 Å². The average Bonchev–Trinajstić information content (AvgIpc) is 2.83. The smallest absolute Gasteiger partial charge is 0.278 e. The van der Waals surface area contributed by atoms with Crippen molar-refractivity contribution in [2.45, 2.75) is 11.9 Å². The molecule has 2 aromatic rings. The number of sulfonamides is 1. The van der Waals surface area contributed by atoms with Crippen LogP contribution in [0.5, 0.6) is 5.75 Å². The Morgan fingerprint density at radius 2 is 2.28 bits per heavy atom. The molecule has 0 saturated carbocycles. The van der Waals surface area contributed by atoms with E-state index in [-0.39, 0.29) is 5.03 Å². The molecule has 0 fully saturated rings. The molecule has 2 N–H and O–H groups in total. The molecular formula is C11H13N3O3S. The minimum atomic E-state index is -3.63. The zero-order valence-electron chi connectivity index (χ0n) is 9.75. The molecule has 1 heterocycles. The molecule has 18 heavy (non-hydrogen) atoms. The normalized spacial score (nSPS) is 11.2. The number of aromatic nitrogens is 2. The Kier molecular flexibility index (Phi) is 3.52. The van der Waals surface area contributed by atoms with E-state index in [1.807, 2.05) is 6.92 Å². The Morgan fingerprint density at radius 3 is 2.94 bits per heavy atom. The van der Waals surface area contributed by atoms with E-state index < -0.39 is 10.0 Å². The van der Waals surface area contributed by atoms with Crippen LogP contribution < -0.4 is 9.46 Å². The maximum Gasteiger partial charge on any atom is 0.278 e. The first-order valence-electron chi connectivity index (χ1n) is 5.36. The summed E-state index contributed by atoms with van der Waals surface area (Å²) in [5.41, 5.74) is 0.440. The fourth-order valence-electron chi connectivity index (χ4n) is 1.42. The van der Waals surface area contributed by atoms with Gasteiger partial charge in [-0.3, -0.25) is 4.72 Å². The van der Waals surface area contributed by atoms with Gasteiger partial charge in [0, 0.05) is 6.07 Å². The molecule has 2 rings (SSSR count). The van der Waals surface area contributed by atoms with Crippen LogP contribution in [0.3, 0.4) is 0 Å². The summed E-state index contributed by atoms with van der Waals surface area (Å²) in [5, 5.41) is 0.0179. The quantitative estimate of drug-likeness (QED) is 0.862. The van der Waals surface area contributed by atoms with E-state index in [0.29, 0.717) is 18.0 Å². The van der Waals surface area contributed by atoms with Crippen molar-refractivity contribution in [3.63, 3.8) is 0 Å². The molecule has 1 aromatic heterocycles. The Morgan fingerprint density at radius 1 is 1.44 bits per heavy atom. The Labute approximate surface area is 105 Å². The first-order chi connectivity index (χ1) is 8.62. The van der Waals surface area contributed by atoms with Crippen molar-refractivity contribution in [3.05, 3.63) is 36.8 Å². The Balaban J connectivity index is 2.21.